The number of unbranched alkanes of at least 4 members (excludes halogenated alkanes) is 1. The molecule has 0 aliphatic carbocycles. The minimum Gasteiger partial charge on any atom is -0.374 e. The van der Waals surface area contributed by atoms with Crippen molar-refractivity contribution in [2.75, 3.05) is 19.8 Å². The van der Waals surface area contributed by atoms with E-state index in [4.69, 9.17) is 19.0 Å². The molecule has 0 aromatic heterocycles. The van der Waals surface area contributed by atoms with Crippen molar-refractivity contribution in [3.05, 3.63) is 0 Å². The number of hydrogen-bond donors (Lipinski definition) is 1. The molecule has 0 aromatic rings. The van der Waals surface area contributed by atoms with Crippen LogP contribution in [-0.2, 0) is 13.3 Å². The van der Waals surface area contributed by atoms with Crippen molar-refractivity contribution in [2.45, 2.75) is 59.0 Å². The van der Waals surface area contributed by atoms with E-state index in [0.717, 1.165) is 25.3 Å². The molecule has 4 nitrogen and oxygen atoms in total. The summed E-state index contributed by atoms with van der Waals surface area (Å²) >= 11 is 0. The van der Waals surface area contributed by atoms with Crippen molar-refractivity contribution in [3.8, 4) is 0 Å². The molecule has 0 aliphatic rings. The molecule has 0 radical (unpaired) electrons. The Balaban J connectivity index is 4.14. The average molecular weight is 263 g/mol. The zero-order valence-electron chi connectivity index (χ0n) is 11.8. The molecule has 17 heavy (non-hydrogen) atoms. The summed E-state index contributed by atoms with van der Waals surface area (Å²) in [6.45, 7) is 9.96. The lowest BCUT2D eigenvalue weighted by Gasteiger charge is -2.28. The Morgan fingerprint density at radius 3 is 1.76 bits per heavy atom. The Morgan fingerprint density at radius 2 is 1.41 bits per heavy atom. The second-order valence-electron chi connectivity index (χ2n) is 4.21. The summed E-state index contributed by atoms with van der Waals surface area (Å²) in [5.74, 6) is 0. The third-order valence-corrected chi connectivity index (χ3v) is 5.64. The third-order valence-electron chi connectivity index (χ3n) is 2.49. The quantitative estimate of drug-likeness (QED) is 0.460. The highest BCUT2D eigenvalue weighted by atomic mass is 28.4. The Labute approximate surface area is 107 Å². The summed E-state index contributed by atoms with van der Waals surface area (Å²) in [4.78, 5) is 0. The second-order valence-corrected chi connectivity index (χ2v) is 6.94. The molecule has 5 heteroatoms. The predicted octanol–water partition coefficient (Wildman–Crippen LogP) is 2.55. The molecular formula is C12H29NO3Si. The number of nitrogens with two attached hydrogens (primary N) is 1. The van der Waals surface area contributed by atoms with E-state index in [1.54, 1.807) is 0 Å². The fraction of sp³-hybridized carbons (Fsp3) is 1.00. The standard InChI is InChI=1S/C12H29NO3Si/c1-5-14-17(15-6-2,16-7-3)11-9-8-10-12(4)13/h12H,5-11,13H2,1-4H3. The minimum absolute atomic E-state index is 0.275. The molecule has 0 aliphatic heterocycles. The van der Waals surface area contributed by atoms with Crippen molar-refractivity contribution in [1.29, 1.82) is 0 Å². The molecule has 104 valence electrons. The first-order chi connectivity index (χ1) is 8.10. The van der Waals surface area contributed by atoms with Gasteiger partial charge in [-0.25, -0.2) is 0 Å². The Kier molecular flexibility index (Phi) is 10.1. The van der Waals surface area contributed by atoms with Gasteiger partial charge in [-0.2, -0.15) is 0 Å². The van der Waals surface area contributed by atoms with Gasteiger partial charge in [-0.15, -0.1) is 0 Å². The van der Waals surface area contributed by atoms with E-state index in [2.05, 4.69) is 0 Å². The van der Waals surface area contributed by atoms with Gasteiger partial charge in [0, 0.05) is 31.9 Å². The molecule has 0 saturated heterocycles. The van der Waals surface area contributed by atoms with Crippen molar-refractivity contribution in [1.82, 2.24) is 0 Å². The molecule has 1 atom stereocenters. The molecule has 0 heterocycles. The van der Waals surface area contributed by atoms with Gasteiger partial charge >= 0.3 is 8.80 Å². The average Bonchev–Trinajstić information content (AvgIpc) is 2.25. The largest absolute Gasteiger partial charge is 0.500 e. The molecule has 0 amide bonds. The summed E-state index contributed by atoms with van der Waals surface area (Å²) in [6.07, 6.45) is 3.22. The van der Waals surface area contributed by atoms with Crippen LogP contribution in [0.25, 0.3) is 0 Å². The van der Waals surface area contributed by atoms with E-state index < -0.39 is 8.80 Å². The highest BCUT2D eigenvalue weighted by molar-refractivity contribution is 6.60. The van der Waals surface area contributed by atoms with E-state index in [1.807, 2.05) is 27.7 Å². The fourth-order valence-electron chi connectivity index (χ4n) is 1.81. The Bertz CT molecular complexity index is 162. The maximum absolute atomic E-state index is 5.78. The summed E-state index contributed by atoms with van der Waals surface area (Å²) in [6, 6.07) is 1.17. The van der Waals surface area contributed by atoms with Crippen molar-refractivity contribution in [2.24, 2.45) is 5.73 Å². The van der Waals surface area contributed by atoms with Gasteiger partial charge in [0.1, 0.15) is 0 Å². The van der Waals surface area contributed by atoms with E-state index in [1.165, 1.54) is 0 Å². The van der Waals surface area contributed by atoms with Gasteiger partial charge in [0.25, 0.3) is 0 Å². The number of hydrogen-bond acceptors (Lipinski definition) is 4. The first-order valence-electron chi connectivity index (χ1n) is 6.77. The third kappa shape index (κ3) is 7.89. The lowest BCUT2D eigenvalue weighted by atomic mass is 10.2. The summed E-state index contributed by atoms with van der Waals surface area (Å²) < 4.78 is 17.3. The van der Waals surface area contributed by atoms with Crippen LogP contribution in [0.5, 0.6) is 0 Å². The maximum Gasteiger partial charge on any atom is 0.500 e. The summed E-state index contributed by atoms with van der Waals surface area (Å²) in [5, 5.41) is 0. The molecule has 0 bridgehead atoms. The summed E-state index contributed by atoms with van der Waals surface area (Å²) in [5.41, 5.74) is 5.74. The van der Waals surface area contributed by atoms with Crippen molar-refractivity contribution >= 4 is 8.80 Å². The molecule has 0 rings (SSSR count). The van der Waals surface area contributed by atoms with Crippen LogP contribution in [0.3, 0.4) is 0 Å². The molecule has 1 unspecified atom stereocenters. The molecule has 0 spiro atoms. The first kappa shape index (κ1) is 17.1. The van der Waals surface area contributed by atoms with E-state index in [9.17, 15) is 0 Å². The maximum atomic E-state index is 5.78. The lowest BCUT2D eigenvalue weighted by Crippen LogP contribution is -2.45. The highest BCUT2D eigenvalue weighted by Crippen LogP contribution is 2.20. The molecular weight excluding hydrogens is 234 g/mol. The molecule has 0 saturated carbocycles. The Hall–Kier alpha value is 0.0569. The van der Waals surface area contributed by atoms with Gasteiger partial charge in [0.15, 0.2) is 0 Å². The van der Waals surface area contributed by atoms with Crippen molar-refractivity contribution in [3.63, 3.8) is 0 Å². The smallest absolute Gasteiger partial charge is 0.374 e. The second kappa shape index (κ2) is 10.0. The van der Waals surface area contributed by atoms with Crippen LogP contribution < -0.4 is 5.73 Å². The zero-order valence-corrected chi connectivity index (χ0v) is 12.8. The normalized spacial score (nSPS) is 13.9. The van der Waals surface area contributed by atoms with E-state index in [-0.39, 0.29) is 6.04 Å². The van der Waals surface area contributed by atoms with Crippen LogP contribution in [0.15, 0.2) is 0 Å². The van der Waals surface area contributed by atoms with E-state index >= 15 is 0 Å². The van der Waals surface area contributed by atoms with Crippen molar-refractivity contribution < 1.29 is 13.3 Å². The number of rotatable bonds is 11. The van der Waals surface area contributed by atoms with Gasteiger partial charge in [0.05, 0.1) is 0 Å². The van der Waals surface area contributed by atoms with Gasteiger partial charge < -0.3 is 19.0 Å². The molecule has 2 N–H and O–H groups in total. The van der Waals surface area contributed by atoms with Gasteiger partial charge in [-0.05, 0) is 40.5 Å². The Morgan fingerprint density at radius 1 is 0.941 bits per heavy atom. The summed E-state index contributed by atoms with van der Waals surface area (Å²) in [7, 11) is -2.41. The monoisotopic (exact) mass is 263 g/mol. The van der Waals surface area contributed by atoms with Crippen LogP contribution in [-0.4, -0.2) is 34.7 Å². The van der Waals surface area contributed by atoms with Crippen LogP contribution in [0.2, 0.25) is 6.04 Å². The molecule has 0 aromatic carbocycles. The van der Waals surface area contributed by atoms with Crippen LogP contribution >= 0.6 is 0 Å². The first-order valence-corrected chi connectivity index (χ1v) is 8.70. The van der Waals surface area contributed by atoms with Crippen LogP contribution in [0.1, 0.15) is 47.0 Å². The zero-order chi connectivity index (χ0) is 13.1. The minimum atomic E-state index is -2.41. The fourth-order valence-corrected chi connectivity index (χ4v) is 4.49. The predicted molar refractivity (Wildman–Crippen MR) is 72.9 cm³/mol. The SMILES string of the molecule is CCO[Si](CCCCC(C)N)(OCC)OCC. The van der Waals surface area contributed by atoms with E-state index in [0.29, 0.717) is 19.8 Å². The van der Waals surface area contributed by atoms with Crippen LogP contribution in [0, 0.1) is 0 Å². The van der Waals surface area contributed by atoms with Gasteiger partial charge in [0.2, 0.25) is 0 Å². The topological polar surface area (TPSA) is 53.7 Å². The highest BCUT2D eigenvalue weighted by Gasteiger charge is 2.39. The van der Waals surface area contributed by atoms with Gasteiger partial charge in [-0.3, -0.25) is 0 Å². The van der Waals surface area contributed by atoms with Crippen LogP contribution in [0.4, 0.5) is 0 Å². The molecule has 0 fully saturated rings. The van der Waals surface area contributed by atoms with Gasteiger partial charge in [-0.1, -0.05) is 6.42 Å². The lowest BCUT2D eigenvalue weighted by molar-refractivity contribution is 0.0706.